The molecule has 1 rings (SSSR count). The van der Waals surface area contributed by atoms with Gasteiger partial charge in [-0.1, -0.05) is 24.6 Å². The molecule has 0 aromatic carbocycles. The number of hydrogen-bond donors (Lipinski definition) is 2. The molecule has 3 N–H and O–H groups in total. The summed E-state index contributed by atoms with van der Waals surface area (Å²) in [6.45, 7) is 3.87. The first-order valence-electron chi connectivity index (χ1n) is 4.96. The zero-order valence-electron chi connectivity index (χ0n) is 8.26. The first kappa shape index (κ1) is 11.5. The van der Waals surface area contributed by atoms with Gasteiger partial charge < -0.3 is 11.1 Å². The van der Waals surface area contributed by atoms with Gasteiger partial charge in [0, 0.05) is 17.0 Å². The van der Waals surface area contributed by atoms with Gasteiger partial charge >= 0.3 is 0 Å². The summed E-state index contributed by atoms with van der Waals surface area (Å²) >= 11 is 5.56. The molecule has 0 aromatic rings. The van der Waals surface area contributed by atoms with Gasteiger partial charge in [0.15, 0.2) is 0 Å². The minimum Gasteiger partial charge on any atom is -0.351 e. The highest BCUT2D eigenvalue weighted by Gasteiger charge is 2.24. The zero-order chi connectivity index (χ0) is 10.6. The van der Waals surface area contributed by atoms with Gasteiger partial charge in [-0.25, -0.2) is 0 Å². The van der Waals surface area contributed by atoms with Crippen molar-refractivity contribution in [2.24, 2.45) is 11.7 Å². The number of amides is 1. The summed E-state index contributed by atoms with van der Waals surface area (Å²) in [6, 6.07) is 0.179. The highest BCUT2D eigenvalue weighted by atomic mass is 35.5. The monoisotopic (exact) mass is 216 g/mol. The maximum atomic E-state index is 11.6. The molecule has 0 heterocycles. The number of carbonyl (C=O) groups is 1. The van der Waals surface area contributed by atoms with Crippen LogP contribution in [0.5, 0.6) is 0 Å². The van der Waals surface area contributed by atoms with Crippen molar-refractivity contribution in [2.45, 2.75) is 31.7 Å². The van der Waals surface area contributed by atoms with Crippen LogP contribution in [0, 0.1) is 5.92 Å². The van der Waals surface area contributed by atoms with E-state index in [9.17, 15) is 4.79 Å². The van der Waals surface area contributed by atoms with Crippen LogP contribution in [0.3, 0.4) is 0 Å². The Kier molecular flexibility index (Phi) is 4.42. The van der Waals surface area contributed by atoms with Crippen LogP contribution in [-0.4, -0.2) is 18.5 Å². The molecular weight excluding hydrogens is 200 g/mol. The number of hydrogen-bond acceptors (Lipinski definition) is 2. The van der Waals surface area contributed by atoms with Gasteiger partial charge in [0.05, 0.1) is 6.54 Å². The average molecular weight is 217 g/mol. The van der Waals surface area contributed by atoms with E-state index in [1.54, 1.807) is 0 Å². The molecule has 4 heteroatoms. The SMILES string of the molecule is C=C(Cl)CNC(=O)C1CCCC(N)C1. The van der Waals surface area contributed by atoms with Gasteiger partial charge in [-0.05, 0) is 19.3 Å². The summed E-state index contributed by atoms with van der Waals surface area (Å²) in [4.78, 5) is 11.6. The summed E-state index contributed by atoms with van der Waals surface area (Å²) in [6.07, 6.45) is 3.81. The molecule has 1 saturated carbocycles. The lowest BCUT2D eigenvalue weighted by Crippen LogP contribution is -2.38. The molecule has 2 atom stereocenters. The number of nitrogens with one attached hydrogen (secondary N) is 1. The Morgan fingerprint density at radius 3 is 2.86 bits per heavy atom. The second kappa shape index (κ2) is 5.37. The van der Waals surface area contributed by atoms with E-state index in [1.807, 2.05) is 0 Å². The number of nitrogens with two attached hydrogens (primary N) is 1. The first-order valence-corrected chi connectivity index (χ1v) is 5.34. The van der Waals surface area contributed by atoms with E-state index in [2.05, 4.69) is 11.9 Å². The Morgan fingerprint density at radius 2 is 2.29 bits per heavy atom. The third-order valence-corrected chi connectivity index (χ3v) is 2.67. The topological polar surface area (TPSA) is 55.1 Å². The fraction of sp³-hybridized carbons (Fsp3) is 0.700. The molecule has 1 amide bonds. The normalized spacial score (nSPS) is 27.0. The molecule has 0 saturated heterocycles. The van der Waals surface area contributed by atoms with Crippen LogP contribution in [0.1, 0.15) is 25.7 Å². The first-order chi connectivity index (χ1) is 6.59. The molecule has 1 fully saturated rings. The maximum absolute atomic E-state index is 11.6. The molecule has 0 bridgehead atoms. The summed E-state index contributed by atoms with van der Waals surface area (Å²) in [7, 11) is 0. The third kappa shape index (κ3) is 3.68. The minimum absolute atomic E-state index is 0.0574. The van der Waals surface area contributed by atoms with Crippen molar-refractivity contribution in [1.82, 2.24) is 5.32 Å². The molecule has 0 radical (unpaired) electrons. The Balaban J connectivity index is 2.32. The van der Waals surface area contributed by atoms with Gasteiger partial charge in [-0.2, -0.15) is 0 Å². The quantitative estimate of drug-likeness (QED) is 0.749. The van der Waals surface area contributed by atoms with E-state index in [4.69, 9.17) is 17.3 Å². The van der Waals surface area contributed by atoms with Gasteiger partial charge in [0.25, 0.3) is 0 Å². The third-order valence-electron chi connectivity index (χ3n) is 2.54. The molecule has 1 aliphatic rings. The molecular formula is C10H17ClN2O. The van der Waals surface area contributed by atoms with Crippen LogP contribution in [0.15, 0.2) is 11.6 Å². The van der Waals surface area contributed by atoms with E-state index in [0.717, 1.165) is 25.7 Å². The summed E-state index contributed by atoms with van der Waals surface area (Å²) < 4.78 is 0. The lowest BCUT2D eigenvalue weighted by molar-refractivity contribution is -0.125. The zero-order valence-corrected chi connectivity index (χ0v) is 9.02. The van der Waals surface area contributed by atoms with Gasteiger partial charge in [-0.3, -0.25) is 4.79 Å². The van der Waals surface area contributed by atoms with Crippen molar-refractivity contribution in [3.05, 3.63) is 11.6 Å². The van der Waals surface area contributed by atoms with Crippen molar-refractivity contribution >= 4 is 17.5 Å². The number of carbonyl (C=O) groups excluding carboxylic acids is 1. The lowest BCUT2D eigenvalue weighted by Gasteiger charge is -2.25. The Morgan fingerprint density at radius 1 is 1.57 bits per heavy atom. The molecule has 0 aliphatic heterocycles. The summed E-state index contributed by atoms with van der Waals surface area (Å²) in [5.41, 5.74) is 5.80. The van der Waals surface area contributed by atoms with Crippen molar-refractivity contribution in [3.8, 4) is 0 Å². The van der Waals surface area contributed by atoms with Crippen molar-refractivity contribution in [2.75, 3.05) is 6.54 Å². The minimum atomic E-state index is 0.0574. The van der Waals surface area contributed by atoms with E-state index in [-0.39, 0.29) is 17.9 Å². The predicted molar refractivity (Wildman–Crippen MR) is 57.9 cm³/mol. The summed E-state index contributed by atoms with van der Waals surface area (Å²) in [5, 5.41) is 3.20. The Labute approximate surface area is 89.7 Å². The van der Waals surface area contributed by atoms with E-state index in [1.165, 1.54) is 0 Å². The van der Waals surface area contributed by atoms with Crippen molar-refractivity contribution in [1.29, 1.82) is 0 Å². The van der Waals surface area contributed by atoms with Crippen LogP contribution in [0.4, 0.5) is 0 Å². The highest BCUT2D eigenvalue weighted by molar-refractivity contribution is 6.29. The van der Waals surface area contributed by atoms with E-state index >= 15 is 0 Å². The van der Waals surface area contributed by atoms with Crippen LogP contribution >= 0.6 is 11.6 Å². The second-order valence-electron chi connectivity index (χ2n) is 3.86. The van der Waals surface area contributed by atoms with Crippen LogP contribution in [0.2, 0.25) is 0 Å². The lowest BCUT2D eigenvalue weighted by atomic mass is 9.85. The Bertz CT molecular complexity index is 230. The fourth-order valence-corrected chi connectivity index (χ4v) is 1.86. The van der Waals surface area contributed by atoms with Gasteiger partial charge in [0.1, 0.15) is 0 Å². The number of halogens is 1. The molecule has 0 aromatic heterocycles. The molecule has 3 nitrogen and oxygen atoms in total. The largest absolute Gasteiger partial charge is 0.351 e. The van der Waals surface area contributed by atoms with Crippen LogP contribution in [-0.2, 0) is 4.79 Å². The second-order valence-corrected chi connectivity index (χ2v) is 4.39. The molecule has 2 unspecified atom stereocenters. The summed E-state index contributed by atoms with van der Waals surface area (Å²) in [5.74, 6) is 0.122. The molecule has 1 aliphatic carbocycles. The van der Waals surface area contributed by atoms with E-state index in [0.29, 0.717) is 11.6 Å². The Hall–Kier alpha value is -0.540. The molecule has 0 spiro atoms. The maximum Gasteiger partial charge on any atom is 0.223 e. The van der Waals surface area contributed by atoms with Gasteiger partial charge in [0.2, 0.25) is 5.91 Å². The number of rotatable bonds is 3. The van der Waals surface area contributed by atoms with Crippen LogP contribution < -0.4 is 11.1 Å². The smallest absolute Gasteiger partial charge is 0.223 e. The average Bonchev–Trinajstić information content (AvgIpc) is 2.14. The standard InChI is InChI=1S/C10H17ClN2O/c1-7(11)6-13-10(14)8-3-2-4-9(12)5-8/h8-9H,1-6,12H2,(H,13,14). The molecule has 14 heavy (non-hydrogen) atoms. The van der Waals surface area contributed by atoms with Crippen LogP contribution in [0.25, 0.3) is 0 Å². The molecule has 80 valence electrons. The predicted octanol–water partition coefficient (Wildman–Crippen LogP) is 1.37. The fourth-order valence-electron chi connectivity index (χ4n) is 1.79. The van der Waals surface area contributed by atoms with Gasteiger partial charge in [-0.15, -0.1) is 0 Å². The highest BCUT2D eigenvalue weighted by Crippen LogP contribution is 2.23. The van der Waals surface area contributed by atoms with E-state index < -0.39 is 0 Å². The van der Waals surface area contributed by atoms with Crippen molar-refractivity contribution < 1.29 is 4.79 Å². The van der Waals surface area contributed by atoms with Crippen molar-refractivity contribution in [3.63, 3.8) is 0 Å².